The molecule has 3 N–H and O–H groups in total. The van der Waals surface area contributed by atoms with Crippen LogP contribution in [0.2, 0.25) is 0 Å². The lowest BCUT2D eigenvalue weighted by atomic mass is 10.2. The van der Waals surface area contributed by atoms with Gasteiger partial charge in [-0.1, -0.05) is 0 Å². The highest BCUT2D eigenvalue weighted by molar-refractivity contribution is 5.77. The maximum Gasteiger partial charge on any atom is 0.407 e. The number of carbonyl (C=O) groups is 2. The third-order valence-corrected chi connectivity index (χ3v) is 1.61. The second-order valence-corrected chi connectivity index (χ2v) is 4.83. The quantitative estimate of drug-likeness (QED) is 0.655. The molecular formula is C11H22N2O4. The van der Waals surface area contributed by atoms with Crippen LogP contribution in [0.25, 0.3) is 0 Å². The van der Waals surface area contributed by atoms with E-state index in [4.69, 9.17) is 9.84 Å². The molecule has 0 aliphatic rings. The molecule has 0 aliphatic carbocycles. The molecule has 0 rings (SSSR count). The van der Waals surface area contributed by atoms with Gasteiger partial charge in [0.1, 0.15) is 5.60 Å². The lowest BCUT2D eigenvalue weighted by molar-refractivity contribution is -0.121. The van der Waals surface area contributed by atoms with E-state index in [1.165, 1.54) is 0 Å². The number of aliphatic hydroxyl groups is 1. The number of hydrogen-bond donors (Lipinski definition) is 3. The maximum absolute atomic E-state index is 11.2. The largest absolute Gasteiger partial charge is 0.444 e. The Morgan fingerprint density at radius 2 is 1.88 bits per heavy atom. The van der Waals surface area contributed by atoms with Gasteiger partial charge in [0, 0.05) is 19.5 Å². The van der Waals surface area contributed by atoms with Crippen molar-refractivity contribution in [2.75, 3.05) is 13.1 Å². The van der Waals surface area contributed by atoms with Crippen molar-refractivity contribution in [1.82, 2.24) is 10.6 Å². The molecule has 0 aromatic heterocycles. The summed E-state index contributed by atoms with van der Waals surface area (Å²) in [6.07, 6.45) is -0.954. The first-order valence-electron chi connectivity index (χ1n) is 5.62. The molecule has 0 unspecified atom stereocenters. The molecule has 2 amide bonds. The average molecular weight is 246 g/mol. The summed E-state index contributed by atoms with van der Waals surface area (Å²) < 4.78 is 5.00. The van der Waals surface area contributed by atoms with Gasteiger partial charge in [-0.3, -0.25) is 4.79 Å². The van der Waals surface area contributed by atoms with Crippen molar-refractivity contribution in [3.8, 4) is 0 Å². The van der Waals surface area contributed by atoms with Crippen molar-refractivity contribution in [3.63, 3.8) is 0 Å². The summed E-state index contributed by atoms with van der Waals surface area (Å²) in [5, 5.41) is 13.9. The zero-order valence-corrected chi connectivity index (χ0v) is 10.9. The van der Waals surface area contributed by atoms with Crippen molar-refractivity contribution in [1.29, 1.82) is 0 Å². The Bertz CT molecular complexity index is 259. The summed E-state index contributed by atoms with van der Waals surface area (Å²) in [5.74, 6) is -0.220. The lowest BCUT2D eigenvalue weighted by Gasteiger charge is -2.19. The number of alkyl carbamates (subject to hydrolysis) is 1. The van der Waals surface area contributed by atoms with Gasteiger partial charge in [-0.05, 0) is 27.7 Å². The first-order valence-corrected chi connectivity index (χ1v) is 5.62. The zero-order chi connectivity index (χ0) is 13.5. The second kappa shape index (κ2) is 7.11. The van der Waals surface area contributed by atoms with E-state index in [-0.39, 0.29) is 25.4 Å². The Morgan fingerprint density at radius 1 is 1.29 bits per heavy atom. The summed E-state index contributed by atoms with van der Waals surface area (Å²) in [5.41, 5.74) is -0.543. The van der Waals surface area contributed by atoms with Gasteiger partial charge in [-0.2, -0.15) is 0 Å². The molecular weight excluding hydrogens is 224 g/mol. The van der Waals surface area contributed by atoms with Crippen LogP contribution in [-0.2, 0) is 9.53 Å². The van der Waals surface area contributed by atoms with Crippen LogP contribution in [0.15, 0.2) is 0 Å². The van der Waals surface area contributed by atoms with E-state index in [0.29, 0.717) is 0 Å². The summed E-state index contributed by atoms with van der Waals surface area (Å²) >= 11 is 0. The Morgan fingerprint density at radius 3 is 2.35 bits per heavy atom. The Kier molecular flexibility index (Phi) is 6.57. The molecule has 0 bridgehead atoms. The number of ether oxygens (including phenoxy) is 1. The van der Waals surface area contributed by atoms with Crippen molar-refractivity contribution >= 4 is 12.0 Å². The maximum atomic E-state index is 11.2. The Hall–Kier alpha value is -1.30. The van der Waals surface area contributed by atoms with Gasteiger partial charge in [0.05, 0.1) is 6.10 Å². The summed E-state index contributed by atoms with van der Waals surface area (Å²) in [7, 11) is 0. The molecule has 6 heteroatoms. The van der Waals surface area contributed by atoms with Crippen LogP contribution in [0.4, 0.5) is 4.79 Å². The highest BCUT2D eigenvalue weighted by Crippen LogP contribution is 2.06. The predicted molar refractivity (Wildman–Crippen MR) is 63.5 cm³/mol. The molecule has 0 heterocycles. The predicted octanol–water partition coefficient (Wildman–Crippen LogP) is 0.398. The number of rotatable bonds is 5. The standard InChI is InChI=1S/C11H22N2O4/c1-8(14)7-13-9(15)5-6-12-10(16)17-11(2,3)4/h8,14H,5-7H2,1-4H3,(H,12,16)(H,13,15)/t8-/m1/s1. The van der Waals surface area contributed by atoms with Crippen LogP contribution in [0, 0.1) is 0 Å². The normalized spacial score (nSPS) is 12.8. The topological polar surface area (TPSA) is 87.7 Å². The molecule has 0 aromatic rings. The fraction of sp³-hybridized carbons (Fsp3) is 0.818. The van der Waals surface area contributed by atoms with Gasteiger partial charge in [0.2, 0.25) is 5.91 Å². The van der Waals surface area contributed by atoms with Gasteiger partial charge in [-0.25, -0.2) is 4.79 Å². The minimum atomic E-state index is -0.572. The molecule has 100 valence electrons. The van der Waals surface area contributed by atoms with E-state index in [2.05, 4.69) is 10.6 Å². The van der Waals surface area contributed by atoms with Gasteiger partial charge in [-0.15, -0.1) is 0 Å². The number of amides is 2. The summed E-state index contributed by atoms with van der Waals surface area (Å²) in [6, 6.07) is 0. The van der Waals surface area contributed by atoms with Gasteiger partial charge >= 0.3 is 6.09 Å². The van der Waals surface area contributed by atoms with Crippen molar-refractivity contribution in [2.45, 2.75) is 45.8 Å². The van der Waals surface area contributed by atoms with E-state index in [0.717, 1.165) is 0 Å². The van der Waals surface area contributed by atoms with Gasteiger partial charge in [0.25, 0.3) is 0 Å². The highest BCUT2D eigenvalue weighted by atomic mass is 16.6. The summed E-state index contributed by atoms with van der Waals surface area (Å²) in [6.45, 7) is 7.30. The number of nitrogens with one attached hydrogen (secondary N) is 2. The first kappa shape index (κ1) is 15.7. The molecule has 17 heavy (non-hydrogen) atoms. The van der Waals surface area contributed by atoms with E-state index in [1.54, 1.807) is 27.7 Å². The van der Waals surface area contributed by atoms with Crippen molar-refractivity contribution in [2.24, 2.45) is 0 Å². The fourth-order valence-corrected chi connectivity index (χ4v) is 0.942. The van der Waals surface area contributed by atoms with Crippen LogP contribution in [0.1, 0.15) is 34.1 Å². The molecule has 6 nitrogen and oxygen atoms in total. The second-order valence-electron chi connectivity index (χ2n) is 4.83. The molecule has 0 radical (unpaired) electrons. The third-order valence-electron chi connectivity index (χ3n) is 1.61. The van der Waals surface area contributed by atoms with Crippen molar-refractivity contribution < 1.29 is 19.4 Å². The SMILES string of the molecule is C[C@@H](O)CNC(=O)CCNC(=O)OC(C)(C)C. The molecule has 0 spiro atoms. The zero-order valence-electron chi connectivity index (χ0n) is 10.9. The molecule has 0 fully saturated rings. The minimum Gasteiger partial charge on any atom is -0.444 e. The lowest BCUT2D eigenvalue weighted by Crippen LogP contribution is -2.36. The average Bonchev–Trinajstić information content (AvgIpc) is 2.11. The van der Waals surface area contributed by atoms with Crippen LogP contribution in [0.5, 0.6) is 0 Å². The molecule has 0 saturated heterocycles. The van der Waals surface area contributed by atoms with E-state index < -0.39 is 17.8 Å². The number of carbonyl (C=O) groups excluding carboxylic acids is 2. The fourth-order valence-electron chi connectivity index (χ4n) is 0.942. The highest BCUT2D eigenvalue weighted by Gasteiger charge is 2.15. The summed E-state index contributed by atoms with van der Waals surface area (Å²) in [4.78, 5) is 22.4. The first-order chi connectivity index (χ1) is 7.70. The Balaban J connectivity index is 3.63. The molecule has 0 aromatic carbocycles. The monoisotopic (exact) mass is 246 g/mol. The van der Waals surface area contributed by atoms with Crippen LogP contribution in [-0.4, -0.2) is 41.9 Å². The third kappa shape index (κ3) is 11.0. The van der Waals surface area contributed by atoms with Crippen LogP contribution < -0.4 is 10.6 Å². The minimum absolute atomic E-state index is 0.159. The van der Waals surface area contributed by atoms with E-state index in [9.17, 15) is 9.59 Å². The Labute approximate surface area is 102 Å². The molecule has 1 atom stereocenters. The number of hydrogen-bond acceptors (Lipinski definition) is 4. The van der Waals surface area contributed by atoms with Crippen molar-refractivity contribution in [3.05, 3.63) is 0 Å². The van der Waals surface area contributed by atoms with Gasteiger partial charge in [0.15, 0.2) is 0 Å². The molecule has 0 aliphatic heterocycles. The smallest absolute Gasteiger partial charge is 0.407 e. The van der Waals surface area contributed by atoms with E-state index in [1.807, 2.05) is 0 Å². The van der Waals surface area contributed by atoms with Crippen LogP contribution >= 0.6 is 0 Å². The molecule has 0 saturated carbocycles. The van der Waals surface area contributed by atoms with Crippen LogP contribution in [0.3, 0.4) is 0 Å². The van der Waals surface area contributed by atoms with E-state index >= 15 is 0 Å². The number of aliphatic hydroxyl groups excluding tert-OH is 1. The van der Waals surface area contributed by atoms with Gasteiger partial charge < -0.3 is 20.5 Å².